The van der Waals surface area contributed by atoms with Crippen LogP contribution in [0, 0.1) is 0 Å². The van der Waals surface area contributed by atoms with Crippen LogP contribution in [0.5, 0.6) is 5.75 Å². The predicted octanol–water partition coefficient (Wildman–Crippen LogP) is 3.37. The number of H-pyrrole nitrogens is 1. The third-order valence-corrected chi connectivity index (χ3v) is 5.93. The molecular weight excluding hydrogens is 326 g/mol. The number of carbonyl (C=O) groups excluding carboxylic acids is 1. The van der Waals surface area contributed by atoms with Crippen LogP contribution in [0.3, 0.4) is 0 Å². The highest BCUT2D eigenvalue weighted by molar-refractivity contribution is 5.94. The summed E-state index contributed by atoms with van der Waals surface area (Å²) in [7, 11) is 0. The fourth-order valence-corrected chi connectivity index (χ4v) is 4.45. The number of aryl methyl sites for hydroxylation is 1. The van der Waals surface area contributed by atoms with Crippen LogP contribution >= 0.6 is 0 Å². The molecule has 1 fully saturated rings. The van der Waals surface area contributed by atoms with E-state index in [0.717, 1.165) is 67.6 Å². The first-order valence-corrected chi connectivity index (χ1v) is 9.57. The van der Waals surface area contributed by atoms with Gasteiger partial charge in [0.25, 0.3) is 5.91 Å². The summed E-state index contributed by atoms with van der Waals surface area (Å²) in [6.45, 7) is 1.47. The molecule has 1 atom stereocenters. The molecule has 5 nitrogen and oxygen atoms in total. The molecule has 134 valence electrons. The number of aromatic amines is 1. The summed E-state index contributed by atoms with van der Waals surface area (Å²) in [6.07, 6.45) is 10.1. The SMILES string of the molecule is O=C(c1n[nH]c2c1CCC2)N1CCC[C@]2(C=Cc3ccccc3O2)CC1. The average molecular weight is 349 g/mol. The van der Waals surface area contributed by atoms with Gasteiger partial charge in [0, 0.05) is 36.3 Å². The van der Waals surface area contributed by atoms with Gasteiger partial charge in [-0.2, -0.15) is 5.10 Å². The van der Waals surface area contributed by atoms with Crippen molar-refractivity contribution in [3.05, 3.63) is 52.9 Å². The lowest BCUT2D eigenvalue weighted by Crippen LogP contribution is -2.38. The van der Waals surface area contributed by atoms with Gasteiger partial charge in [0.05, 0.1) is 0 Å². The van der Waals surface area contributed by atoms with Crippen molar-refractivity contribution in [2.75, 3.05) is 13.1 Å². The summed E-state index contributed by atoms with van der Waals surface area (Å²) in [5.74, 6) is 1.02. The largest absolute Gasteiger partial charge is 0.483 e. The zero-order valence-corrected chi connectivity index (χ0v) is 14.8. The molecule has 1 spiro atoms. The molecule has 0 unspecified atom stereocenters. The smallest absolute Gasteiger partial charge is 0.274 e. The molecule has 5 heteroatoms. The Morgan fingerprint density at radius 2 is 2.08 bits per heavy atom. The third kappa shape index (κ3) is 2.54. The van der Waals surface area contributed by atoms with Crippen molar-refractivity contribution in [2.45, 2.75) is 44.1 Å². The molecule has 1 aromatic carbocycles. The molecule has 1 aliphatic carbocycles. The molecule has 2 aliphatic heterocycles. The molecule has 0 saturated carbocycles. The van der Waals surface area contributed by atoms with E-state index in [9.17, 15) is 4.79 Å². The van der Waals surface area contributed by atoms with Crippen molar-refractivity contribution < 1.29 is 9.53 Å². The number of aromatic nitrogens is 2. The first-order valence-electron chi connectivity index (χ1n) is 9.57. The van der Waals surface area contributed by atoms with Gasteiger partial charge in [0.1, 0.15) is 11.4 Å². The minimum Gasteiger partial charge on any atom is -0.483 e. The van der Waals surface area contributed by atoms with Gasteiger partial charge in [-0.05, 0) is 44.2 Å². The van der Waals surface area contributed by atoms with Crippen LogP contribution in [0.1, 0.15) is 53.0 Å². The van der Waals surface area contributed by atoms with Crippen LogP contribution in [0.2, 0.25) is 0 Å². The number of para-hydroxylation sites is 1. The molecule has 26 heavy (non-hydrogen) atoms. The standard InChI is InChI=1S/C21H23N3O2/c25-20(19-16-6-3-7-17(16)22-23-19)24-13-4-10-21(12-14-24)11-9-15-5-1-2-8-18(15)26-21/h1-2,5,8-9,11H,3-4,6-7,10,12-14H2,(H,22,23)/t21-/m0/s1. The van der Waals surface area contributed by atoms with Crippen molar-refractivity contribution in [2.24, 2.45) is 0 Å². The molecule has 2 aromatic rings. The van der Waals surface area contributed by atoms with E-state index in [0.29, 0.717) is 12.2 Å². The van der Waals surface area contributed by atoms with E-state index in [1.165, 1.54) is 0 Å². The fourth-order valence-electron chi connectivity index (χ4n) is 4.45. The van der Waals surface area contributed by atoms with Crippen LogP contribution in [0.15, 0.2) is 30.3 Å². The fraction of sp³-hybridized carbons (Fsp3) is 0.429. The zero-order chi connectivity index (χ0) is 17.6. The van der Waals surface area contributed by atoms with E-state index < -0.39 is 0 Å². The highest BCUT2D eigenvalue weighted by atomic mass is 16.5. The average Bonchev–Trinajstić information content (AvgIpc) is 3.22. The summed E-state index contributed by atoms with van der Waals surface area (Å²) in [5, 5.41) is 7.37. The maximum Gasteiger partial charge on any atom is 0.274 e. The van der Waals surface area contributed by atoms with Gasteiger partial charge in [-0.25, -0.2) is 0 Å². The second-order valence-corrected chi connectivity index (χ2v) is 7.57. The van der Waals surface area contributed by atoms with E-state index in [-0.39, 0.29) is 11.5 Å². The predicted molar refractivity (Wildman–Crippen MR) is 99.2 cm³/mol. The first-order chi connectivity index (χ1) is 12.7. The number of ether oxygens (including phenoxy) is 1. The number of nitrogens with zero attached hydrogens (tertiary/aromatic N) is 2. The summed E-state index contributed by atoms with van der Waals surface area (Å²) in [5.41, 5.74) is 3.75. The molecule has 5 rings (SSSR count). The highest BCUT2D eigenvalue weighted by Crippen LogP contribution is 2.37. The monoisotopic (exact) mass is 349 g/mol. The van der Waals surface area contributed by atoms with Crippen LogP contribution in [-0.2, 0) is 12.8 Å². The van der Waals surface area contributed by atoms with Gasteiger partial charge in [-0.1, -0.05) is 24.3 Å². The number of benzene rings is 1. The van der Waals surface area contributed by atoms with Gasteiger partial charge < -0.3 is 9.64 Å². The van der Waals surface area contributed by atoms with Gasteiger partial charge in [-0.15, -0.1) is 0 Å². The van der Waals surface area contributed by atoms with Gasteiger partial charge in [-0.3, -0.25) is 9.89 Å². The van der Waals surface area contributed by atoms with E-state index in [2.05, 4.69) is 28.4 Å². The Morgan fingerprint density at radius 3 is 3.04 bits per heavy atom. The van der Waals surface area contributed by atoms with Crippen LogP contribution in [0.4, 0.5) is 0 Å². The van der Waals surface area contributed by atoms with Gasteiger partial charge in [0.15, 0.2) is 5.69 Å². The van der Waals surface area contributed by atoms with E-state index in [1.807, 2.05) is 23.1 Å². The van der Waals surface area contributed by atoms with Crippen molar-refractivity contribution in [3.8, 4) is 5.75 Å². The second-order valence-electron chi connectivity index (χ2n) is 7.57. The quantitative estimate of drug-likeness (QED) is 0.859. The Kier molecular flexibility index (Phi) is 3.62. The molecule has 1 saturated heterocycles. The van der Waals surface area contributed by atoms with Crippen LogP contribution < -0.4 is 4.74 Å². The maximum absolute atomic E-state index is 13.0. The van der Waals surface area contributed by atoms with Gasteiger partial charge in [0.2, 0.25) is 0 Å². The number of hydrogen-bond donors (Lipinski definition) is 1. The first kappa shape index (κ1) is 15.7. The number of carbonyl (C=O) groups is 1. The number of rotatable bonds is 1. The Labute approximate surface area is 153 Å². The summed E-state index contributed by atoms with van der Waals surface area (Å²) in [6, 6.07) is 8.14. The molecule has 0 radical (unpaired) electrons. The van der Waals surface area contributed by atoms with E-state index in [4.69, 9.17) is 4.74 Å². The van der Waals surface area contributed by atoms with Crippen molar-refractivity contribution >= 4 is 12.0 Å². The summed E-state index contributed by atoms with van der Waals surface area (Å²) in [4.78, 5) is 15.0. The topological polar surface area (TPSA) is 58.2 Å². The lowest BCUT2D eigenvalue weighted by atomic mass is 9.91. The van der Waals surface area contributed by atoms with Crippen LogP contribution in [0.25, 0.3) is 6.08 Å². The number of hydrogen-bond acceptors (Lipinski definition) is 3. The van der Waals surface area contributed by atoms with E-state index >= 15 is 0 Å². The third-order valence-electron chi connectivity index (χ3n) is 5.93. The molecular formula is C21H23N3O2. The lowest BCUT2D eigenvalue weighted by Gasteiger charge is -2.34. The highest BCUT2D eigenvalue weighted by Gasteiger charge is 2.37. The number of fused-ring (bicyclic) bond motifs is 2. The van der Waals surface area contributed by atoms with Gasteiger partial charge >= 0.3 is 0 Å². The molecule has 1 N–H and O–H groups in total. The molecule has 3 aliphatic rings. The summed E-state index contributed by atoms with van der Waals surface area (Å²) >= 11 is 0. The lowest BCUT2D eigenvalue weighted by molar-refractivity contribution is 0.0724. The number of nitrogens with one attached hydrogen (secondary N) is 1. The molecule has 1 amide bonds. The van der Waals surface area contributed by atoms with Crippen molar-refractivity contribution in [3.63, 3.8) is 0 Å². The Hall–Kier alpha value is -2.56. The zero-order valence-electron chi connectivity index (χ0n) is 14.8. The maximum atomic E-state index is 13.0. The van der Waals surface area contributed by atoms with E-state index in [1.54, 1.807) is 0 Å². The Morgan fingerprint density at radius 1 is 1.15 bits per heavy atom. The second kappa shape index (κ2) is 6.01. The van der Waals surface area contributed by atoms with Crippen molar-refractivity contribution in [1.82, 2.24) is 15.1 Å². The Bertz CT molecular complexity index is 885. The number of amides is 1. The molecule has 1 aromatic heterocycles. The molecule has 0 bridgehead atoms. The minimum absolute atomic E-state index is 0.0710. The normalized spacial score (nSPS) is 24.1. The van der Waals surface area contributed by atoms with Crippen molar-refractivity contribution in [1.29, 1.82) is 0 Å². The number of likely N-dealkylation sites (tertiary alicyclic amines) is 1. The summed E-state index contributed by atoms with van der Waals surface area (Å²) < 4.78 is 6.39. The minimum atomic E-state index is -0.295. The Balaban J connectivity index is 1.34. The molecule has 3 heterocycles. The van der Waals surface area contributed by atoms with Crippen LogP contribution in [-0.4, -0.2) is 39.7 Å².